The Labute approximate surface area is 181 Å². The average molecular weight is 409 g/mol. The molecule has 0 saturated carbocycles. The number of hydrogen-bond acceptors (Lipinski definition) is 6. The molecule has 3 aliphatic heterocycles. The third-order valence-electron chi connectivity index (χ3n) is 7.23. The monoisotopic (exact) mass is 408 g/mol. The number of nitrogens with zero attached hydrogens (tertiary/aromatic N) is 6. The molecule has 6 nitrogen and oxygen atoms in total. The first-order valence-electron chi connectivity index (χ1n) is 11.2. The van der Waals surface area contributed by atoms with E-state index >= 15 is 0 Å². The topological polar surface area (TPSA) is 46.8 Å². The maximum Gasteiger partial charge on any atom is 0.103 e. The van der Waals surface area contributed by atoms with Gasteiger partial charge in [-0.3, -0.25) is 15.0 Å². The van der Waals surface area contributed by atoms with Crippen LogP contribution in [0.5, 0.6) is 0 Å². The molecule has 3 heterocycles. The zero-order chi connectivity index (χ0) is 21.4. The van der Waals surface area contributed by atoms with E-state index in [-0.39, 0.29) is 0 Å². The molecule has 0 N–H and O–H groups in total. The maximum absolute atomic E-state index is 4.79. The summed E-state index contributed by atoms with van der Waals surface area (Å²) in [6, 6.07) is 0. The van der Waals surface area contributed by atoms with E-state index in [1.165, 1.54) is 50.9 Å². The highest BCUT2D eigenvalue weighted by Gasteiger charge is 2.25. The van der Waals surface area contributed by atoms with Crippen molar-refractivity contribution in [2.75, 3.05) is 60.4 Å². The minimum absolute atomic E-state index is 0.915. The first-order chi connectivity index (χ1) is 14.4. The Kier molecular flexibility index (Phi) is 5.85. The molecule has 1 aromatic carbocycles. The van der Waals surface area contributed by atoms with Gasteiger partial charge in [-0.1, -0.05) is 0 Å². The fourth-order valence-corrected chi connectivity index (χ4v) is 4.97. The molecule has 0 bridgehead atoms. The Morgan fingerprint density at radius 1 is 0.533 bits per heavy atom. The zero-order valence-electron chi connectivity index (χ0n) is 19.5. The van der Waals surface area contributed by atoms with Crippen LogP contribution in [0, 0.1) is 20.8 Å². The van der Waals surface area contributed by atoms with Crippen molar-refractivity contribution in [3.63, 3.8) is 0 Å². The molecule has 0 aromatic heterocycles. The maximum atomic E-state index is 4.79. The van der Waals surface area contributed by atoms with E-state index in [9.17, 15) is 0 Å². The summed E-state index contributed by atoms with van der Waals surface area (Å²) in [6.45, 7) is 12.7. The van der Waals surface area contributed by atoms with E-state index in [1.54, 1.807) is 0 Å². The summed E-state index contributed by atoms with van der Waals surface area (Å²) >= 11 is 0. The van der Waals surface area contributed by atoms with Crippen LogP contribution in [0.15, 0.2) is 15.0 Å². The first kappa shape index (κ1) is 20.9. The van der Waals surface area contributed by atoms with Crippen LogP contribution in [0.3, 0.4) is 0 Å². The Bertz CT molecular complexity index is 786. The summed E-state index contributed by atoms with van der Waals surface area (Å²) in [4.78, 5) is 21.3. The lowest BCUT2D eigenvalue weighted by molar-refractivity contribution is 0.546. The Morgan fingerprint density at radius 3 is 1.00 bits per heavy atom. The third kappa shape index (κ3) is 3.84. The molecule has 30 heavy (non-hydrogen) atoms. The van der Waals surface area contributed by atoms with Gasteiger partial charge in [0.1, 0.15) is 17.5 Å². The average Bonchev–Trinajstić information content (AvgIpc) is 3.42. The molecule has 162 valence electrons. The van der Waals surface area contributed by atoms with E-state index in [0.717, 1.165) is 58.5 Å². The number of amidine groups is 3. The molecular formula is C24H36N6. The van der Waals surface area contributed by atoms with Crippen molar-refractivity contribution in [2.45, 2.75) is 40.0 Å². The van der Waals surface area contributed by atoms with Crippen molar-refractivity contribution in [1.82, 2.24) is 14.7 Å². The number of likely N-dealkylation sites (N-methyl/N-ethyl adjacent to an activating group) is 3. The zero-order valence-corrected chi connectivity index (χ0v) is 19.5. The second-order valence-electron chi connectivity index (χ2n) is 9.00. The lowest BCUT2D eigenvalue weighted by Gasteiger charge is -2.26. The molecule has 4 rings (SSSR count). The van der Waals surface area contributed by atoms with Gasteiger partial charge in [0.15, 0.2) is 0 Å². The van der Waals surface area contributed by atoms with Crippen molar-refractivity contribution in [1.29, 1.82) is 0 Å². The van der Waals surface area contributed by atoms with Gasteiger partial charge in [0.05, 0.1) is 19.6 Å². The summed E-state index contributed by atoms with van der Waals surface area (Å²) in [5.41, 5.74) is 8.59. The standard InChI is InChI=1S/C24H36N6/c1-16-19(13-22-25-7-10-28(22)4)17(2)21(15-24-27-9-12-30(24)6)18(3)20(16)14-23-26-8-11-29(23)5/h7-15H2,1-6H3. The van der Waals surface area contributed by atoms with Gasteiger partial charge in [0, 0.05) is 60.0 Å². The molecule has 0 saturated heterocycles. The molecule has 6 heteroatoms. The molecule has 0 unspecified atom stereocenters. The fourth-order valence-electron chi connectivity index (χ4n) is 4.97. The van der Waals surface area contributed by atoms with Crippen molar-refractivity contribution in [3.8, 4) is 0 Å². The molecule has 0 radical (unpaired) electrons. The van der Waals surface area contributed by atoms with E-state index in [0.29, 0.717) is 0 Å². The van der Waals surface area contributed by atoms with Crippen molar-refractivity contribution < 1.29 is 0 Å². The highest BCUT2D eigenvalue weighted by atomic mass is 15.2. The SMILES string of the molecule is Cc1c(CC2=NCCN2C)c(C)c(CC2=NCCN2C)c(C)c1CC1=NCCN1C. The van der Waals surface area contributed by atoms with Crippen LogP contribution in [0.25, 0.3) is 0 Å². The second-order valence-corrected chi connectivity index (χ2v) is 9.00. The predicted octanol–water partition coefficient (Wildman–Crippen LogP) is 2.27. The number of aliphatic imine (C=N–C) groups is 3. The smallest absolute Gasteiger partial charge is 0.103 e. The molecule has 1 aromatic rings. The van der Waals surface area contributed by atoms with Crippen LogP contribution in [0.1, 0.15) is 33.4 Å². The number of hydrogen-bond donors (Lipinski definition) is 0. The van der Waals surface area contributed by atoms with E-state index < -0.39 is 0 Å². The lowest BCUT2D eigenvalue weighted by Crippen LogP contribution is -2.28. The Morgan fingerprint density at radius 2 is 0.800 bits per heavy atom. The van der Waals surface area contributed by atoms with Gasteiger partial charge < -0.3 is 14.7 Å². The highest BCUT2D eigenvalue weighted by molar-refractivity contribution is 5.90. The quantitative estimate of drug-likeness (QED) is 0.725. The van der Waals surface area contributed by atoms with E-state index in [1.807, 2.05) is 0 Å². The van der Waals surface area contributed by atoms with Crippen LogP contribution in [0.4, 0.5) is 0 Å². The summed E-state index contributed by atoms with van der Waals surface area (Å²) in [5.74, 6) is 3.65. The number of benzene rings is 1. The minimum atomic E-state index is 0.915. The second kappa shape index (κ2) is 8.40. The summed E-state index contributed by atoms with van der Waals surface area (Å²) in [6.07, 6.45) is 2.75. The molecule has 0 fully saturated rings. The van der Waals surface area contributed by atoms with Gasteiger partial charge in [0.25, 0.3) is 0 Å². The predicted molar refractivity (Wildman–Crippen MR) is 127 cm³/mol. The van der Waals surface area contributed by atoms with Gasteiger partial charge in [0.2, 0.25) is 0 Å². The first-order valence-corrected chi connectivity index (χ1v) is 11.2. The largest absolute Gasteiger partial charge is 0.361 e. The highest BCUT2D eigenvalue weighted by Crippen LogP contribution is 2.31. The molecule has 0 atom stereocenters. The molecule has 0 aliphatic carbocycles. The van der Waals surface area contributed by atoms with Crippen LogP contribution < -0.4 is 0 Å². The van der Waals surface area contributed by atoms with Crippen LogP contribution in [-0.2, 0) is 19.3 Å². The Hall–Kier alpha value is -2.37. The van der Waals surface area contributed by atoms with Crippen LogP contribution in [0.2, 0.25) is 0 Å². The Balaban J connectivity index is 1.77. The minimum Gasteiger partial charge on any atom is -0.361 e. The van der Waals surface area contributed by atoms with Crippen LogP contribution >= 0.6 is 0 Å². The fraction of sp³-hybridized carbons (Fsp3) is 0.625. The molecule has 0 amide bonds. The van der Waals surface area contributed by atoms with Crippen molar-refractivity contribution in [3.05, 3.63) is 33.4 Å². The normalized spacial score (nSPS) is 19.0. The lowest BCUT2D eigenvalue weighted by atomic mass is 9.84. The molecule has 0 spiro atoms. The van der Waals surface area contributed by atoms with Gasteiger partial charge in [-0.05, 0) is 54.2 Å². The molecule has 3 aliphatic rings. The van der Waals surface area contributed by atoms with Crippen molar-refractivity contribution >= 4 is 17.5 Å². The van der Waals surface area contributed by atoms with E-state index in [4.69, 9.17) is 15.0 Å². The van der Waals surface area contributed by atoms with Crippen LogP contribution in [-0.4, -0.2) is 92.6 Å². The summed E-state index contributed by atoms with van der Waals surface area (Å²) in [5, 5.41) is 0. The van der Waals surface area contributed by atoms with Gasteiger partial charge in [-0.15, -0.1) is 0 Å². The van der Waals surface area contributed by atoms with Gasteiger partial charge in [-0.25, -0.2) is 0 Å². The third-order valence-corrected chi connectivity index (χ3v) is 7.23. The summed E-state index contributed by atoms with van der Waals surface area (Å²) < 4.78 is 0. The van der Waals surface area contributed by atoms with Crippen molar-refractivity contribution in [2.24, 2.45) is 15.0 Å². The van der Waals surface area contributed by atoms with Gasteiger partial charge >= 0.3 is 0 Å². The molecular weight excluding hydrogens is 372 g/mol. The van der Waals surface area contributed by atoms with Gasteiger partial charge in [-0.2, -0.15) is 0 Å². The van der Waals surface area contributed by atoms with E-state index in [2.05, 4.69) is 56.6 Å². The summed E-state index contributed by atoms with van der Waals surface area (Å²) in [7, 11) is 6.49. The number of rotatable bonds is 6.